The van der Waals surface area contributed by atoms with E-state index >= 15 is 0 Å². The molecule has 0 amide bonds. The van der Waals surface area contributed by atoms with Crippen LogP contribution in [0.2, 0.25) is 0 Å². The minimum absolute atomic E-state index is 0.235. The summed E-state index contributed by atoms with van der Waals surface area (Å²) in [4.78, 5) is 13.1. The summed E-state index contributed by atoms with van der Waals surface area (Å²) in [5.74, 6) is 1.34. The Morgan fingerprint density at radius 2 is 2.16 bits per heavy atom. The van der Waals surface area contributed by atoms with Crippen LogP contribution in [0.4, 0.5) is 11.4 Å². The highest BCUT2D eigenvalue weighted by molar-refractivity contribution is 7.99. The lowest BCUT2D eigenvalue weighted by molar-refractivity contribution is 0.0697. The minimum Gasteiger partial charge on any atom is -0.478 e. The molecule has 0 fully saturated rings. The monoisotopic (exact) mass is 282 g/mol. The number of rotatable bonds is 8. The predicted octanol–water partition coefficient (Wildman–Crippen LogP) is 2.94. The molecule has 4 nitrogen and oxygen atoms in total. The smallest absolute Gasteiger partial charge is 0.335 e. The molecule has 0 unspecified atom stereocenters. The van der Waals surface area contributed by atoms with Gasteiger partial charge in [0.05, 0.1) is 16.9 Å². The minimum atomic E-state index is -0.944. The van der Waals surface area contributed by atoms with Crippen LogP contribution in [0, 0.1) is 0 Å². The number of carbonyl (C=O) groups is 1. The third kappa shape index (κ3) is 4.67. The molecular formula is C14H22N2O2S. The quantitative estimate of drug-likeness (QED) is 0.567. The van der Waals surface area contributed by atoms with Gasteiger partial charge in [-0.2, -0.15) is 11.8 Å². The summed E-state index contributed by atoms with van der Waals surface area (Å²) in [7, 11) is 0. The molecule has 106 valence electrons. The SMILES string of the molecule is CCSCCCN(CC)c1ccc(C(=O)O)cc1N. The Hall–Kier alpha value is -1.36. The van der Waals surface area contributed by atoms with Crippen molar-refractivity contribution in [2.75, 3.05) is 35.2 Å². The number of hydrogen-bond donors (Lipinski definition) is 2. The van der Waals surface area contributed by atoms with Gasteiger partial charge in [0.1, 0.15) is 0 Å². The van der Waals surface area contributed by atoms with Crippen LogP contribution in [0.1, 0.15) is 30.6 Å². The highest BCUT2D eigenvalue weighted by atomic mass is 32.2. The van der Waals surface area contributed by atoms with Gasteiger partial charge in [-0.25, -0.2) is 4.79 Å². The molecule has 1 aromatic carbocycles. The molecule has 0 aromatic heterocycles. The van der Waals surface area contributed by atoms with Gasteiger partial charge < -0.3 is 15.7 Å². The number of carboxylic acids is 1. The second kappa shape index (κ2) is 7.94. The molecule has 0 heterocycles. The molecule has 0 aliphatic heterocycles. The van der Waals surface area contributed by atoms with Gasteiger partial charge in [0, 0.05) is 13.1 Å². The number of benzene rings is 1. The number of nitrogens with two attached hydrogens (primary N) is 1. The molecule has 0 aliphatic carbocycles. The number of anilines is 2. The molecule has 1 aromatic rings. The van der Waals surface area contributed by atoms with Gasteiger partial charge in [-0.05, 0) is 43.0 Å². The van der Waals surface area contributed by atoms with Gasteiger partial charge >= 0.3 is 5.97 Å². The fourth-order valence-electron chi connectivity index (χ4n) is 1.93. The molecule has 0 saturated heterocycles. The van der Waals surface area contributed by atoms with E-state index in [-0.39, 0.29) is 5.56 Å². The zero-order valence-electron chi connectivity index (χ0n) is 11.6. The Bertz CT molecular complexity index is 424. The number of carboxylic acid groups (broad SMARTS) is 1. The second-order valence-corrected chi connectivity index (χ2v) is 5.60. The van der Waals surface area contributed by atoms with E-state index in [9.17, 15) is 4.79 Å². The lowest BCUT2D eigenvalue weighted by atomic mass is 10.1. The maximum atomic E-state index is 10.9. The van der Waals surface area contributed by atoms with E-state index in [4.69, 9.17) is 10.8 Å². The van der Waals surface area contributed by atoms with Crippen molar-refractivity contribution in [3.8, 4) is 0 Å². The number of nitrogen functional groups attached to an aromatic ring is 1. The molecule has 3 N–H and O–H groups in total. The van der Waals surface area contributed by atoms with Gasteiger partial charge in [-0.3, -0.25) is 0 Å². The standard InChI is InChI=1S/C14H22N2O2S/c1-3-16(8-5-9-19-4-2)13-7-6-11(14(17)18)10-12(13)15/h6-7,10H,3-5,8-9,15H2,1-2H3,(H,17,18). The van der Waals surface area contributed by atoms with E-state index in [1.807, 2.05) is 11.8 Å². The fourth-order valence-corrected chi connectivity index (χ4v) is 2.55. The van der Waals surface area contributed by atoms with E-state index in [0.717, 1.165) is 36.7 Å². The van der Waals surface area contributed by atoms with Crippen LogP contribution in [0.25, 0.3) is 0 Å². The molecule has 5 heteroatoms. The first-order valence-electron chi connectivity index (χ1n) is 6.55. The number of nitrogens with zero attached hydrogens (tertiary/aromatic N) is 1. The number of hydrogen-bond acceptors (Lipinski definition) is 4. The average Bonchev–Trinajstić information content (AvgIpc) is 2.39. The maximum Gasteiger partial charge on any atom is 0.335 e. The molecular weight excluding hydrogens is 260 g/mol. The van der Waals surface area contributed by atoms with Crippen molar-refractivity contribution in [3.63, 3.8) is 0 Å². The van der Waals surface area contributed by atoms with Crippen LogP contribution in [0.3, 0.4) is 0 Å². The predicted molar refractivity (Wildman–Crippen MR) is 83.3 cm³/mol. The Labute approximate surface area is 119 Å². The molecule has 0 atom stereocenters. The first-order valence-corrected chi connectivity index (χ1v) is 7.71. The number of thioether (sulfide) groups is 1. The highest BCUT2D eigenvalue weighted by Gasteiger charge is 2.11. The topological polar surface area (TPSA) is 66.6 Å². The Kier molecular flexibility index (Phi) is 6.56. The first kappa shape index (κ1) is 15.7. The van der Waals surface area contributed by atoms with E-state index in [2.05, 4.69) is 18.7 Å². The molecule has 0 radical (unpaired) electrons. The van der Waals surface area contributed by atoms with Crippen molar-refractivity contribution >= 4 is 29.1 Å². The molecule has 0 spiro atoms. The fraction of sp³-hybridized carbons (Fsp3) is 0.500. The van der Waals surface area contributed by atoms with E-state index in [1.54, 1.807) is 12.1 Å². The third-order valence-electron chi connectivity index (χ3n) is 2.92. The van der Waals surface area contributed by atoms with E-state index < -0.39 is 5.97 Å². The van der Waals surface area contributed by atoms with E-state index in [1.165, 1.54) is 6.07 Å². The summed E-state index contributed by atoms with van der Waals surface area (Å²) < 4.78 is 0. The van der Waals surface area contributed by atoms with Crippen molar-refractivity contribution in [1.82, 2.24) is 0 Å². The summed E-state index contributed by atoms with van der Waals surface area (Å²) >= 11 is 1.93. The molecule has 0 bridgehead atoms. The Morgan fingerprint density at radius 3 is 2.68 bits per heavy atom. The summed E-state index contributed by atoms with van der Waals surface area (Å²) in [6, 6.07) is 4.94. The normalized spacial score (nSPS) is 10.4. The van der Waals surface area contributed by atoms with Gasteiger partial charge in [0.15, 0.2) is 0 Å². The summed E-state index contributed by atoms with van der Waals surface area (Å²) in [6.07, 6.45) is 1.10. The van der Waals surface area contributed by atoms with Crippen LogP contribution in [-0.2, 0) is 0 Å². The van der Waals surface area contributed by atoms with Crippen molar-refractivity contribution in [1.29, 1.82) is 0 Å². The molecule has 19 heavy (non-hydrogen) atoms. The molecule has 1 rings (SSSR count). The Balaban J connectivity index is 2.72. The lowest BCUT2D eigenvalue weighted by Gasteiger charge is -2.24. The van der Waals surface area contributed by atoms with Crippen LogP contribution >= 0.6 is 11.8 Å². The van der Waals surface area contributed by atoms with Crippen molar-refractivity contribution in [3.05, 3.63) is 23.8 Å². The van der Waals surface area contributed by atoms with Crippen LogP contribution in [-0.4, -0.2) is 35.7 Å². The van der Waals surface area contributed by atoms with Crippen molar-refractivity contribution in [2.24, 2.45) is 0 Å². The zero-order chi connectivity index (χ0) is 14.3. The summed E-state index contributed by atoms with van der Waals surface area (Å²) in [5, 5.41) is 8.92. The third-order valence-corrected chi connectivity index (χ3v) is 3.90. The van der Waals surface area contributed by atoms with Gasteiger partial charge in [0.25, 0.3) is 0 Å². The maximum absolute atomic E-state index is 10.9. The molecule has 0 aliphatic rings. The largest absolute Gasteiger partial charge is 0.478 e. The molecule has 0 saturated carbocycles. The summed E-state index contributed by atoms with van der Waals surface area (Å²) in [5.41, 5.74) is 7.65. The lowest BCUT2D eigenvalue weighted by Crippen LogP contribution is -2.25. The van der Waals surface area contributed by atoms with Gasteiger partial charge in [0.2, 0.25) is 0 Å². The number of aromatic carboxylic acids is 1. The van der Waals surface area contributed by atoms with Gasteiger partial charge in [-0.1, -0.05) is 6.92 Å². The Morgan fingerprint density at radius 1 is 1.42 bits per heavy atom. The van der Waals surface area contributed by atoms with Crippen LogP contribution in [0.5, 0.6) is 0 Å². The van der Waals surface area contributed by atoms with E-state index in [0.29, 0.717) is 5.69 Å². The van der Waals surface area contributed by atoms with Crippen molar-refractivity contribution < 1.29 is 9.90 Å². The van der Waals surface area contributed by atoms with Crippen LogP contribution in [0.15, 0.2) is 18.2 Å². The zero-order valence-corrected chi connectivity index (χ0v) is 12.4. The van der Waals surface area contributed by atoms with Crippen molar-refractivity contribution in [2.45, 2.75) is 20.3 Å². The summed E-state index contributed by atoms with van der Waals surface area (Å²) in [6.45, 7) is 6.05. The second-order valence-electron chi connectivity index (χ2n) is 4.21. The first-order chi connectivity index (χ1) is 9.10. The highest BCUT2D eigenvalue weighted by Crippen LogP contribution is 2.24. The van der Waals surface area contributed by atoms with Crippen LogP contribution < -0.4 is 10.6 Å². The average molecular weight is 282 g/mol. The van der Waals surface area contributed by atoms with Gasteiger partial charge in [-0.15, -0.1) is 0 Å².